The maximum atomic E-state index is 12.2. The SMILES string of the molecule is CCOc1ccc(C(C)NC(=O)c2csc(S(N)(=O)=O)c2)cc1. The van der Waals surface area contributed by atoms with Gasteiger partial charge in [-0.2, -0.15) is 0 Å². The van der Waals surface area contributed by atoms with Gasteiger partial charge in [-0.05, 0) is 37.6 Å². The first-order valence-electron chi connectivity index (χ1n) is 6.96. The number of primary sulfonamides is 1. The van der Waals surface area contributed by atoms with Gasteiger partial charge in [0.25, 0.3) is 5.91 Å². The van der Waals surface area contributed by atoms with Crippen LogP contribution in [0.3, 0.4) is 0 Å². The van der Waals surface area contributed by atoms with Crippen LogP contribution in [-0.4, -0.2) is 20.9 Å². The molecule has 0 saturated carbocycles. The molecule has 1 amide bonds. The second kappa shape index (κ2) is 7.12. The lowest BCUT2D eigenvalue weighted by atomic mass is 10.1. The summed E-state index contributed by atoms with van der Waals surface area (Å²) in [5.74, 6) is 0.419. The lowest BCUT2D eigenvalue weighted by Crippen LogP contribution is -2.26. The minimum absolute atomic E-state index is 0.0311. The summed E-state index contributed by atoms with van der Waals surface area (Å²) in [6.45, 7) is 4.35. The highest BCUT2D eigenvalue weighted by atomic mass is 32.2. The molecule has 0 saturated heterocycles. The molecule has 6 nitrogen and oxygen atoms in total. The van der Waals surface area contributed by atoms with Crippen molar-refractivity contribution >= 4 is 27.3 Å². The van der Waals surface area contributed by atoms with Crippen molar-refractivity contribution in [2.45, 2.75) is 24.1 Å². The van der Waals surface area contributed by atoms with E-state index in [1.807, 2.05) is 38.1 Å². The van der Waals surface area contributed by atoms with Gasteiger partial charge in [0.2, 0.25) is 10.0 Å². The van der Waals surface area contributed by atoms with E-state index < -0.39 is 10.0 Å². The van der Waals surface area contributed by atoms with Gasteiger partial charge in [-0.15, -0.1) is 11.3 Å². The van der Waals surface area contributed by atoms with E-state index in [4.69, 9.17) is 9.88 Å². The predicted molar refractivity (Wildman–Crippen MR) is 89.2 cm³/mol. The van der Waals surface area contributed by atoms with Crippen LogP contribution in [0.2, 0.25) is 0 Å². The zero-order valence-electron chi connectivity index (χ0n) is 12.8. The molecular weight excluding hydrogens is 336 g/mol. The van der Waals surface area contributed by atoms with Gasteiger partial charge in [0.15, 0.2) is 0 Å². The zero-order chi connectivity index (χ0) is 17.0. The highest BCUT2D eigenvalue weighted by Gasteiger charge is 2.17. The molecule has 2 rings (SSSR count). The maximum absolute atomic E-state index is 12.2. The van der Waals surface area contributed by atoms with Gasteiger partial charge in [0.1, 0.15) is 9.96 Å². The Labute approximate surface area is 139 Å². The average Bonchev–Trinajstić information content (AvgIpc) is 2.98. The standard InChI is InChI=1S/C15H18N2O4S2/c1-3-21-13-6-4-11(5-7-13)10(2)17-15(18)12-8-14(22-9-12)23(16,19)20/h4-10H,3H2,1-2H3,(H,17,18)(H2,16,19,20). The summed E-state index contributed by atoms with van der Waals surface area (Å²) in [4.78, 5) is 12.2. The Morgan fingerprint density at radius 2 is 2.00 bits per heavy atom. The van der Waals surface area contributed by atoms with Gasteiger partial charge in [-0.1, -0.05) is 12.1 Å². The van der Waals surface area contributed by atoms with Gasteiger partial charge in [0.05, 0.1) is 18.2 Å². The highest BCUT2D eigenvalue weighted by Crippen LogP contribution is 2.21. The van der Waals surface area contributed by atoms with Crippen LogP contribution in [-0.2, 0) is 10.0 Å². The van der Waals surface area contributed by atoms with Gasteiger partial charge >= 0.3 is 0 Å². The maximum Gasteiger partial charge on any atom is 0.252 e. The normalized spacial score (nSPS) is 12.7. The van der Waals surface area contributed by atoms with Gasteiger partial charge < -0.3 is 10.1 Å². The van der Waals surface area contributed by atoms with Crippen LogP contribution in [0.4, 0.5) is 0 Å². The fourth-order valence-electron chi connectivity index (χ4n) is 1.97. The Bertz CT molecular complexity index is 782. The first-order chi connectivity index (χ1) is 10.8. The third-order valence-corrected chi connectivity index (χ3v) is 5.54. The van der Waals surface area contributed by atoms with E-state index in [9.17, 15) is 13.2 Å². The first-order valence-corrected chi connectivity index (χ1v) is 9.39. The highest BCUT2D eigenvalue weighted by molar-refractivity contribution is 7.91. The number of hydrogen-bond acceptors (Lipinski definition) is 5. The van der Waals surface area contributed by atoms with Crippen LogP contribution in [0, 0.1) is 0 Å². The number of carbonyl (C=O) groups excluding carboxylic acids is 1. The number of hydrogen-bond donors (Lipinski definition) is 2. The van der Waals surface area contributed by atoms with Crippen molar-refractivity contribution in [3.05, 3.63) is 46.8 Å². The molecule has 0 spiro atoms. The summed E-state index contributed by atoms with van der Waals surface area (Å²) in [6, 6.07) is 8.48. The number of sulfonamides is 1. The second-order valence-corrected chi connectivity index (χ2v) is 7.60. The Hall–Kier alpha value is -1.90. The largest absolute Gasteiger partial charge is 0.494 e. The summed E-state index contributed by atoms with van der Waals surface area (Å²) < 4.78 is 27.8. The van der Waals surface area contributed by atoms with E-state index in [0.717, 1.165) is 22.6 Å². The van der Waals surface area contributed by atoms with Crippen LogP contribution in [0.1, 0.15) is 35.8 Å². The number of rotatable bonds is 6. The minimum atomic E-state index is -3.78. The fraction of sp³-hybridized carbons (Fsp3) is 0.267. The average molecular weight is 354 g/mol. The fourth-order valence-corrected chi connectivity index (χ4v) is 3.55. The van der Waals surface area contributed by atoms with Crippen LogP contribution < -0.4 is 15.2 Å². The van der Waals surface area contributed by atoms with Crippen molar-refractivity contribution in [3.8, 4) is 5.75 Å². The van der Waals surface area contributed by atoms with Crippen molar-refractivity contribution in [2.24, 2.45) is 5.14 Å². The Kier molecular flexibility index (Phi) is 5.40. The van der Waals surface area contributed by atoms with E-state index in [1.165, 1.54) is 11.4 Å². The van der Waals surface area contributed by atoms with Crippen LogP contribution >= 0.6 is 11.3 Å². The number of nitrogens with one attached hydrogen (secondary N) is 1. The molecule has 124 valence electrons. The lowest BCUT2D eigenvalue weighted by molar-refractivity contribution is 0.0940. The van der Waals surface area contributed by atoms with Crippen LogP contribution in [0.25, 0.3) is 0 Å². The number of amides is 1. The smallest absolute Gasteiger partial charge is 0.252 e. The molecule has 8 heteroatoms. The molecule has 2 aromatic rings. The quantitative estimate of drug-likeness (QED) is 0.831. The molecule has 0 aliphatic rings. The molecule has 0 radical (unpaired) electrons. The van der Waals surface area contributed by atoms with E-state index >= 15 is 0 Å². The molecule has 1 unspecified atom stereocenters. The second-order valence-electron chi connectivity index (χ2n) is 4.90. The van der Waals surface area contributed by atoms with E-state index in [-0.39, 0.29) is 21.7 Å². The Balaban J connectivity index is 2.05. The van der Waals surface area contributed by atoms with Crippen molar-refractivity contribution in [2.75, 3.05) is 6.61 Å². The number of ether oxygens (including phenoxy) is 1. The third-order valence-electron chi connectivity index (χ3n) is 3.16. The van der Waals surface area contributed by atoms with Crippen molar-refractivity contribution in [3.63, 3.8) is 0 Å². The number of benzene rings is 1. The minimum Gasteiger partial charge on any atom is -0.494 e. The molecule has 1 atom stereocenters. The van der Waals surface area contributed by atoms with Crippen molar-refractivity contribution in [1.82, 2.24) is 5.32 Å². The lowest BCUT2D eigenvalue weighted by Gasteiger charge is -2.14. The van der Waals surface area contributed by atoms with Crippen LogP contribution in [0.15, 0.2) is 39.9 Å². The molecule has 0 aliphatic heterocycles. The molecule has 1 aromatic carbocycles. The summed E-state index contributed by atoms with van der Waals surface area (Å²) in [7, 11) is -3.78. The molecule has 1 heterocycles. The van der Waals surface area contributed by atoms with E-state index in [1.54, 1.807) is 0 Å². The summed E-state index contributed by atoms with van der Waals surface area (Å²) in [5.41, 5.74) is 1.19. The molecule has 23 heavy (non-hydrogen) atoms. The topological polar surface area (TPSA) is 98.5 Å². The molecule has 0 bridgehead atoms. The first kappa shape index (κ1) is 17.5. The Morgan fingerprint density at radius 3 is 2.52 bits per heavy atom. The molecular formula is C15H18N2O4S2. The zero-order valence-corrected chi connectivity index (χ0v) is 14.4. The Morgan fingerprint density at radius 1 is 1.35 bits per heavy atom. The monoisotopic (exact) mass is 354 g/mol. The predicted octanol–water partition coefficient (Wildman–Crippen LogP) is 2.29. The van der Waals surface area contributed by atoms with Gasteiger partial charge in [-0.25, -0.2) is 13.6 Å². The summed E-state index contributed by atoms with van der Waals surface area (Å²) in [5, 5.41) is 9.33. The van der Waals surface area contributed by atoms with Crippen molar-refractivity contribution < 1.29 is 17.9 Å². The number of nitrogens with two attached hydrogens (primary N) is 1. The van der Waals surface area contributed by atoms with Gasteiger partial charge in [0, 0.05) is 5.38 Å². The van der Waals surface area contributed by atoms with Gasteiger partial charge in [-0.3, -0.25) is 4.79 Å². The number of carbonyl (C=O) groups is 1. The van der Waals surface area contributed by atoms with E-state index in [2.05, 4.69) is 5.32 Å². The molecule has 0 aliphatic carbocycles. The molecule has 3 N–H and O–H groups in total. The third kappa shape index (κ3) is 4.54. The van der Waals surface area contributed by atoms with Crippen LogP contribution in [0.5, 0.6) is 5.75 Å². The molecule has 0 fully saturated rings. The summed E-state index contributed by atoms with van der Waals surface area (Å²) >= 11 is 0.925. The van der Waals surface area contributed by atoms with Crippen molar-refractivity contribution in [1.29, 1.82) is 0 Å². The molecule has 1 aromatic heterocycles. The number of thiophene rings is 1. The van der Waals surface area contributed by atoms with E-state index in [0.29, 0.717) is 6.61 Å². The summed E-state index contributed by atoms with van der Waals surface area (Å²) in [6.07, 6.45) is 0.